The Bertz CT molecular complexity index is 612. The molecule has 0 aliphatic rings. The van der Waals surface area contributed by atoms with Crippen molar-refractivity contribution in [2.24, 2.45) is 0 Å². The lowest BCUT2D eigenvalue weighted by Gasteiger charge is -2.10. The molecule has 0 spiro atoms. The fourth-order valence-electron chi connectivity index (χ4n) is 1.61. The number of aromatic nitrogens is 3. The first kappa shape index (κ1) is 14.3. The van der Waals surface area contributed by atoms with Crippen molar-refractivity contribution in [3.05, 3.63) is 34.9 Å². The topological polar surface area (TPSA) is 79.9 Å². The molecule has 106 valence electrons. The molecular weight excluding hydrogens is 280 g/mol. The number of ether oxygens (including phenoxy) is 1. The summed E-state index contributed by atoms with van der Waals surface area (Å²) in [5.74, 6) is 0.885. The van der Waals surface area contributed by atoms with Gasteiger partial charge in [-0.1, -0.05) is 18.5 Å². The average molecular weight is 295 g/mol. The number of hydrogen-bond donors (Lipinski definition) is 2. The van der Waals surface area contributed by atoms with E-state index in [2.05, 4.69) is 20.5 Å². The summed E-state index contributed by atoms with van der Waals surface area (Å²) in [7, 11) is 0. The van der Waals surface area contributed by atoms with Gasteiger partial charge in [0.25, 0.3) is 5.91 Å². The van der Waals surface area contributed by atoms with Crippen molar-refractivity contribution < 1.29 is 9.53 Å². The average Bonchev–Trinajstić information content (AvgIpc) is 2.91. The predicted molar refractivity (Wildman–Crippen MR) is 76.3 cm³/mol. The molecule has 20 heavy (non-hydrogen) atoms. The van der Waals surface area contributed by atoms with Gasteiger partial charge in [-0.3, -0.25) is 9.89 Å². The Morgan fingerprint density at radius 1 is 1.45 bits per heavy atom. The normalized spacial score (nSPS) is 10.3. The quantitative estimate of drug-likeness (QED) is 0.888. The molecular formula is C13H15ClN4O2. The van der Waals surface area contributed by atoms with Crippen LogP contribution in [0.3, 0.4) is 0 Å². The van der Waals surface area contributed by atoms with Gasteiger partial charge in [-0.25, -0.2) is 4.98 Å². The van der Waals surface area contributed by atoms with Gasteiger partial charge in [0.15, 0.2) is 0 Å². The zero-order chi connectivity index (χ0) is 14.5. The third-order valence-corrected chi connectivity index (χ3v) is 2.79. The number of H-pyrrole nitrogens is 1. The van der Waals surface area contributed by atoms with Crippen LogP contribution in [-0.2, 0) is 6.42 Å². The number of amides is 1. The standard InChI is InChI=1S/C13H15ClN4O2/c1-3-11-16-12(18-17-11)13(19)15-9-7-8(14)5-6-10(9)20-4-2/h5-7H,3-4H2,1-2H3,(H,15,19)(H,16,17,18). The van der Waals surface area contributed by atoms with Gasteiger partial charge in [-0.05, 0) is 25.1 Å². The molecule has 0 unspecified atom stereocenters. The van der Waals surface area contributed by atoms with E-state index in [1.807, 2.05) is 13.8 Å². The molecule has 7 heteroatoms. The summed E-state index contributed by atoms with van der Waals surface area (Å²) in [6, 6.07) is 5.03. The van der Waals surface area contributed by atoms with E-state index in [0.717, 1.165) is 0 Å². The number of aromatic amines is 1. The molecule has 0 saturated heterocycles. The lowest BCUT2D eigenvalue weighted by molar-refractivity contribution is 0.101. The zero-order valence-electron chi connectivity index (χ0n) is 11.2. The monoisotopic (exact) mass is 294 g/mol. The molecule has 0 aliphatic carbocycles. The highest BCUT2D eigenvalue weighted by Crippen LogP contribution is 2.28. The molecule has 0 aliphatic heterocycles. The maximum Gasteiger partial charge on any atom is 0.295 e. The van der Waals surface area contributed by atoms with Crippen LogP contribution in [-0.4, -0.2) is 27.7 Å². The number of nitrogens with zero attached hydrogens (tertiary/aromatic N) is 2. The Balaban J connectivity index is 2.20. The van der Waals surface area contributed by atoms with E-state index in [1.54, 1.807) is 18.2 Å². The largest absolute Gasteiger partial charge is 0.492 e. The van der Waals surface area contributed by atoms with Gasteiger partial charge in [0, 0.05) is 11.4 Å². The van der Waals surface area contributed by atoms with E-state index in [9.17, 15) is 4.79 Å². The fourth-order valence-corrected chi connectivity index (χ4v) is 1.79. The molecule has 1 aromatic heterocycles. The SMILES string of the molecule is CCOc1ccc(Cl)cc1NC(=O)c1n[nH]c(CC)n1. The molecule has 2 N–H and O–H groups in total. The lowest BCUT2D eigenvalue weighted by atomic mass is 10.3. The van der Waals surface area contributed by atoms with Crippen molar-refractivity contribution in [1.82, 2.24) is 15.2 Å². The van der Waals surface area contributed by atoms with Crippen molar-refractivity contribution in [2.75, 3.05) is 11.9 Å². The van der Waals surface area contributed by atoms with E-state index >= 15 is 0 Å². The summed E-state index contributed by atoms with van der Waals surface area (Å²) in [6.07, 6.45) is 0.682. The highest BCUT2D eigenvalue weighted by molar-refractivity contribution is 6.31. The van der Waals surface area contributed by atoms with Gasteiger partial charge < -0.3 is 10.1 Å². The highest BCUT2D eigenvalue weighted by atomic mass is 35.5. The van der Waals surface area contributed by atoms with Crippen LogP contribution in [0.15, 0.2) is 18.2 Å². The van der Waals surface area contributed by atoms with Crippen LogP contribution in [0.4, 0.5) is 5.69 Å². The van der Waals surface area contributed by atoms with Gasteiger partial charge >= 0.3 is 0 Å². The highest BCUT2D eigenvalue weighted by Gasteiger charge is 2.14. The van der Waals surface area contributed by atoms with Gasteiger partial charge in [-0.2, -0.15) is 0 Å². The smallest absolute Gasteiger partial charge is 0.295 e. The molecule has 0 radical (unpaired) electrons. The summed E-state index contributed by atoms with van der Waals surface area (Å²) >= 11 is 5.93. The second-order valence-electron chi connectivity index (χ2n) is 3.99. The van der Waals surface area contributed by atoms with Crippen LogP contribution < -0.4 is 10.1 Å². The van der Waals surface area contributed by atoms with Crippen LogP contribution in [0.1, 0.15) is 30.3 Å². The van der Waals surface area contributed by atoms with Crippen molar-refractivity contribution in [1.29, 1.82) is 0 Å². The Hall–Kier alpha value is -2.08. The van der Waals surface area contributed by atoms with Crippen LogP contribution >= 0.6 is 11.6 Å². The minimum Gasteiger partial charge on any atom is -0.492 e. The zero-order valence-corrected chi connectivity index (χ0v) is 12.0. The van der Waals surface area contributed by atoms with E-state index in [4.69, 9.17) is 16.3 Å². The molecule has 1 amide bonds. The fraction of sp³-hybridized carbons (Fsp3) is 0.308. The van der Waals surface area contributed by atoms with Gasteiger partial charge in [-0.15, -0.1) is 5.10 Å². The Kier molecular flexibility index (Phi) is 4.57. The Labute approximate surface area is 121 Å². The number of benzene rings is 1. The van der Waals surface area contributed by atoms with Gasteiger partial charge in [0.2, 0.25) is 5.82 Å². The number of halogens is 1. The van der Waals surface area contributed by atoms with Crippen molar-refractivity contribution in [3.63, 3.8) is 0 Å². The Morgan fingerprint density at radius 3 is 2.90 bits per heavy atom. The summed E-state index contributed by atoms with van der Waals surface area (Å²) in [4.78, 5) is 16.1. The number of nitrogens with one attached hydrogen (secondary N) is 2. The van der Waals surface area contributed by atoms with Crippen molar-refractivity contribution in [3.8, 4) is 5.75 Å². The third kappa shape index (κ3) is 3.27. The maximum atomic E-state index is 12.1. The van der Waals surface area contributed by atoms with E-state index < -0.39 is 5.91 Å². The second-order valence-corrected chi connectivity index (χ2v) is 4.42. The minimum absolute atomic E-state index is 0.0873. The predicted octanol–water partition coefficient (Wildman–Crippen LogP) is 2.67. The lowest BCUT2D eigenvalue weighted by Crippen LogP contribution is -2.14. The summed E-state index contributed by atoms with van der Waals surface area (Å²) < 4.78 is 5.43. The van der Waals surface area contributed by atoms with Crippen LogP contribution in [0.25, 0.3) is 0 Å². The van der Waals surface area contributed by atoms with Crippen molar-refractivity contribution in [2.45, 2.75) is 20.3 Å². The number of carbonyl (C=O) groups excluding carboxylic acids is 1. The molecule has 1 aromatic carbocycles. The first-order valence-electron chi connectivity index (χ1n) is 6.29. The summed E-state index contributed by atoms with van der Waals surface area (Å²) in [5.41, 5.74) is 0.493. The minimum atomic E-state index is -0.413. The Morgan fingerprint density at radius 2 is 2.25 bits per heavy atom. The number of rotatable bonds is 5. The maximum absolute atomic E-state index is 12.1. The first-order valence-corrected chi connectivity index (χ1v) is 6.66. The first-order chi connectivity index (χ1) is 9.63. The van der Waals surface area contributed by atoms with E-state index in [0.29, 0.717) is 35.3 Å². The molecule has 6 nitrogen and oxygen atoms in total. The molecule has 0 atom stereocenters. The van der Waals surface area contributed by atoms with Crippen molar-refractivity contribution >= 4 is 23.2 Å². The van der Waals surface area contributed by atoms with Crippen LogP contribution in [0.2, 0.25) is 5.02 Å². The molecule has 1 heterocycles. The summed E-state index contributed by atoms with van der Waals surface area (Å²) in [6.45, 7) is 4.28. The van der Waals surface area contributed by atoms with Gasteiger partial charge in [0.1, 0.15) is 11.6 Å². The van der Waals surface area contributed by atoms with Gasteiger partial charge in [0.05, 0.1) is 12.3 Å². The number of carbonyl (C=O) groups is 1. The molecule has 0 bridgehead atoms. The molecule has 0 fully saturated rings. The third-order valence-electron chi connectivity index (χ3n) is 2.56. The van der Waals surface area contributed by atoms with E-state index in [1.165, 1.54) is 0 Å². The molecule has 0 saturated carbocycles. The van der Waals surface area contributed by atoms with Crippen LogP contribution in [0.5, 0.6) is 5.75 Å². The number of anilines is 1. The number of aryl methyl sites for hydroxylation is 1. The second kappa shape index (κ2) is 6.38. The van der Waals surface area contributed by atoms with E-state index in [-0.39, 0.29) is 5.82 Å². The molecule has 2 aromatic rings. The van der Waals surface area contributed by atoms with Crippen LogP contribution in [0, 0.1) is 0 Å². The number of hydrogen-bond acceptors (Lipinski definition) is 4. The summed E-state index contributed by atoms with van der Waals surface area (Å²) in [5, 5.41) is 9.76. The molecule has 2 rings (SSSR count).